The second-order valence-corrected chi connectivity index (χ2v) is 16.8. The molecule has 0 unspecified atom stereocenters. The van der Waals surface area contributed by atoms with Gasteiger partial charge in [-0.1, -0.05) is 118 Å². The molecule has 0 heterocycles. The van der Waals surface area contributed by atoms with Crippen LogP contribution in [0.5, 0.6) is 11.5 Å². The molecule has 1 fully saturated rings. The fourth-order valence-corrected chi connectivity index (χ4v) is 6.27. The van der Waals surface area contributed by atoms with E-state index in [9.17, 15) is 10.2 Å². The van der Waals surface area contributed by atoms with Crippen LogP contribution in [0.2, 0.25) is 0 Å². The van der Waals surface area contributed by atoms with Gasteiger partial charge >= 0.3 is 0 Å². The summed E-state index contributed by atoms with van der Waals surface area (Å²) in [6, 6.07) is 16.4. The van der Waals surface area contributed by atoms with Gasteiger partial charge in [-0.2, -0.15) is 0 Å². The lowest BCUT2D eigenvalue weighted by Gasteiger charge is -2.28. The Hall–Kier alpha value is -3.74. The van der Waals surface area contributed by atoms with Crippen molar-refractivity contribution in [3.63, 3.8) is 0 Å². The van der Waals surface area contributed by atoms with E-state index in [1.54, 1.807) is 0 Å². The minimum Gasteiger partial charge on any atom is -0.507 e. The summed E-state index contributed by atoms with van der Waals surface area (Å²) in [5.74, 6) is 0.555. The van der Waals surface area contributed by atoms with Gasteiger partial charge in [-0.25, -0.2) is 0 Å². The number of rotatable bonds is 12. The Morgan fingerprint density at radius 2 is 1.14 bits per heavy atom. The third-order valence-corrected chi connectivity index (χ3v) is 9.45. The summed E-state index contributed by atoms with van der Waals surface area (Å²) in [5, 5.41) is 22.7. The molecule has 0 aliphatic heterocycles. The Morgan fingerprint density at radius 1 is 0.660 bits per heavy atom. The minimum absolute atomic E-state index is 0.00792. The molecule has 0 saturated heterocycles. The van der Waals surface area contributed by atoms with Crippen LogP contribution in [0.1, 0.15) is 133 Å². The summed E-state index contributed by atoms with van der Waals surface area (Å²) in [6.45, 7) is 25.0. The van der Waals surface area contributed by atoms with Gasteiger partial charge < -0.3 is 19.7 Å². The highest BCUT2D eigenvalue weighted by atomic mass is 16.5. The van der Waals surface area contributed by atoms with E-state index in [0.29, 0.717) is 37.7 Å². The smallest absolute Gasteiger partial charge is 0.128 e. The lowest BCUT2D eigenvalue weighted by Crippen LogP contribution is -2.27. The van der Waals surface area contributed by atoms with Crippen LogP contribution < -0.4 is 0 Å². The molecule has 1 saturated carbocycles. The molecule has 50 heavy (non-hydrogen) atoms. The molecule has 6 nitrogen and oxygen atoms in total. The van der Waals surface area contributed by atoms with Crippen LogP contribution in [0.15, 0.2) is 65.1 Å². The monoisotopic (exact) mass is 680 g/mol. The van der Waals surface area contributed by atoms with Gasteiger partial charge in [0.2, 0.25) is 0 Å². The maximum absolute atomic E-state index is 11.4. The molecular weight excluding hydrogens is 620 g/mol. The van der Waals surface area contributed by atoms with Gasteiger partial charge in [-0.05, 0) is 69.5 Å². The Kier molecular flexibility index (Phi) is 12.9. The zero-order valence-corrected chi connectivity index (χ0v) is 32.0. The van der Waals surface area contributed by atoms with Gasteiger partial charge in [0.25, 0.3) is 0 Å². The molecule has 4 rings (SSSR count). The number of phenolic OH excluding ortho intramolecular Hbond substituents is 2. The van der Waals surface area contributed by atoms with Crippen molar-refractivity contribution in [1.82, 2.24) is 0 Å². The standard InChI is InChI=1S/C44H60N2O4/c1-11-30-16-18-31(19-17-30)28-49-20-21-50-29-32-22-33(40(47)36(23-32)43(5,6)7)26-45-38-14-12-13-15-39(38)46-27-34-24-35(42(2,3)4)25-37(41(34)48)44(8,9)10/h11,16-19,22-27,38-39,47-48H,1,12-15,20-21,28-29H2,2-10H3/t38-,39-/m0/s1. The van der Waals surface area contributed by atoms with E-state index in [1.165, 1.54) is 5.56 Å². The summed E-state index contributed by atoms with van der Waals surface area (Å²) in [4.78, 5) is 10.1. The fourth-order valence-electron chi connectivity index (χ4n) is 6.27. The maximum atomic E-state index is 11.4. The first-order valence-corrected chi connectivity index (χ1v) is 18.1. The van der Waals surface area contributed by atoms with Crippen molar-refractivity contribution in [2.24, 2.45) is 9.98 Å². The van der Waals surface area contributed by atoms with Crippen molar-refractivity contribution in [1.29, 1.82) is 0 Å². The Bertz CT molecular complexity index is 1650. The number of aliphatic imine (C=N–C) groups is 2. The molecule has 0 amide bonds. The van der Waals surface area contributed by atoms with Crippen LogP contribution in [0.3, 0.4) is 0 Å². The van der Waals surface area contributed by atoms with E-state index in [4.69, 9.17) is 19.5 Å². The average Bonchev–Trinajstić information content (AvgIpc) is 3.04. The summed E-state index contributed by atoms with van der Waals surface area (Å²) in [6.07, 6.45) is 9.54. The first-order valence-electron chi connectivity index (χ1n) is 18.1. The maximum Gasteiger partial charge on any atom is 0.128 e. The van der Waals surface area contributed by atoms with Gasteiger partial charge in [0, 0.05) is 34.7 Å². The van der Waals surface area contributed by atoms with Crippen LogP contribution in [0, 0.1) is 0 Å². The Balaban J connectivity index is 1.49. The van der Waals surface area contributed by atoms with Crippen LogP contribution in [-0.2, 0) is 38.9 Å². The summed E-state index contributed by atoms with van der Waals surface area (Å²) in [5.41, 5.74) is 7.07. The van der Waals surface area contributed by atoms with E-state index in [2.05, 4.69) is 81.0 Å². The van der Waals surface area contributed by atoms with Crippen molar-refractivity contribution in [2.45, 2.75) is 130 Å². The van der Waals surface area contributed by atoms with Crippen molar-refractivity contribution < 1.29 is 19.7 Å². The number of benzene rings is 3. The molecule has 3 aromatic carbocycles. The van der Waals surface area contributed by atoms with Gasteiger partial charge in [-0.3, -0.25) is 9.98 Å². The average molecular weight is 681 g/mol. The number of hydrogen-bond acceptors (Lipinski definition) is 6. The molecule has 2 atom stereocenters. The largest absolute Gasteiger partial charge is 0.507 e. The van der Waals surface area contributed by atoms with Crippen LogP contribution in [-0.4, -0.2) is 47.9 Å². The second-order valence-electron chi connectivity index (χ2n) is 16.8. The zero-order chi connectivity index (χ0) is 36.7. The van der Waals surface area contributed by atoms with Gasteiger partial charge in [0.1, 0.15) is 11.5 Å². The number of phenols is 2. The first kappa shape index (κ1) is 39.1. The predicted octanol–water partition coefficient (Wildman–Crippen LogP) is 10.2. The highest BCUT2D eigenvalue weighted by molar-refractivity contribution is 5.86. The topological polar surface area (TPSA) is 83.6 Å². The van der Waals surface area contributed by atoms with Crippen molar-refractivity contribution in [3.8, 4) is 11.5 Å². The number of hydrogen-bond donors (Lipinski definition) is 2. The molecule has 0 aromatic heterocycles. The molecule has 2 N–H and O–H groups in total. The molecule has 270 valence electrons. The summed E-state index contributed by atoms with van der Waals surface area (Å²) < 4.78 is 11.8. The van der Waals surface area contributed by atoms with Gasteiger partial charge in [0.15, 0.2) is 0 Å². The molecule has 0 spiro atoms. The predicted molar refractivity (Wildman–Crippen MR) is 209 cm³/mol. The molecule has 6 heteroatoms. The highest BCUT2D eigenvalue weighted by Crippen LogP contribution is 2.38. The normalized spacial score (nSPS) is 17.5. The lowest BCUT2D eigenvalue weighted by molar-refractivity contribution is 0.0338. The number of nitrogens with zero attached hydrogens (tertiary/aromatic N) is 2. The molecule has 0 radical (unpaired) electrons. The van der Waals surface area contributed by atoms with E-state index in [1.807, 2.05) is 54.9 Å². The summed E-state index contributed by atoms with van der Waals surface area (Å²) in [7, 11) is 0. The minimum atomic E-state index is -0.264. The van der Waals surface area contributed by atoms with Crippen molar-refractivity contribution >= 4 is 18.5 Å². The van der Waals surface area contributed by atoms with Gasteiger partial charge in [-0.15, -0.1) is 0 Å². The molecule has 1 aliphatic rings. The Morgan fingerprint density at radius 3 is 1.62 bits per heavy atom. The third-order valence-electron chi connectivity index (χ3n) is 9.45. The fraction of sp³-hybridized carbons (Fsp3) is 0.500. The zero-order valence-electron chi connectivity index (χ0n) is 32.0. The molecular formula is C44H60N2O4. The summed E-state index contributed by atoms with van der Waals surface area (Å²) >= 11 is 0. The van der Waals surface area contributed by atoms with E-state index in [-0.39, 0.29) is 34.1 Å². The van der Waals surface area contributed by atoms with Gasteiger partial charge in [0.05, 0.1) is 38.5 Å². The van der Waals surface area contributed by atoms with Crippen molar-refractivity contribution in [2.75, 3.05) is 13.2 Å². The third kappa shape index (κ3) is 10.6. The molecule has 3 aromatic rings. The van der Waals surface area contributed by atoms with E-state index >= 15 is 0 Å². The lowest BCUT2D eigenvalue weighted by atomic mass is 9.79. The van der Waals surface area contributed by atoms with E-state index in [0.717, 1.165) is 59.1 Å². The van der Waals surface area contributed by atoms with E-state index < -0.39 is 0 Å². The number of ether oxygens (including phenoxy) is 2. The first-order chi connectivity index (χ1) is 23.5. The van der Waals surface area contributed by atoms with Crippen LogP contribution in [0.25, 0.3) is 6.08 Å². The number of aromatic hydroxyl groups is 2. The quantitative estimate of drug-likeness (QED) is 0.147. The second kappa shape index (κ2) is 16.5. The molecule has 0 bridgehead atoms. The van der Waals surface area contributed by atoms with Crippen molar-refractivity contribution in [3.05, 3.63) is 99.6 Å². The SMILES string of the molecule is C=Cc1ccc(COCCOCc2cc(C=N[C@H]3CCCC[C@@H]3N=Cc3cc(C(C)(C)C)cc(C(C)(C)C)c3O)c(O)c(C(C)(C)C)c2)cc1. The van der Waals surface area contributed by atoms with Crippen LogP contribution in [0.4, 0.5) is 0 Å². The highest BCUT2D eigenvalue weighted by Gasteiger charge is 2.27. The molecule has 1 aliphatic carbocycles. The van der Waals surface area contributed by atoms with Crippen LogP contribution >= 0.6 is 0 Å². The Labute approximate surface area is 301 Å².